The Morgan fingerprint density at radius 3 is 2.29 bits per heavy atom. The molecular formula is C26H23N3O5. The maximum atomic E-state index is 13.1. The molecule has 5 rings (SSSR count). The zero-order valence-electron chi connectivity index (χ0n) is 18.3. The van der Waals surface area contributed by atoms with Gasteiger partial charge in [0.1, 0.15) is 0 Å². The normalized spacial score (nSPS) is 14.2. The Kier molecular flexibility index (Phi) is 5.51. The topological polar surface area (TPSA) is 116 Å². The van der Waals surface area contributed by atoms with Crippen molar-refractivity contribution >= 4 is 50.7 Å². The third kappa shape index (κ3) is 3.58. The lowest BCUT2D eigenvalue weighted by atomic mass is 9.95. The van der Waals surface area contributed by atoms with Crippen LogP contribution in [-0.4, -0.2) is 42.7 Å². The molecule has 0 saturated carbocycles. The Balaban J connectivity index is 1.61. The van der Waals surface area contributed by atoms with Gasteiger partial charge in [-0.05, 0) is 25.0 Å². The van der Waals surface area contributed by atoms with E-state index in [9.17, 15) is 19.6 Å². The van der Waals surface area contributed by atoms with Crippen molar-refractivity contribution in [2.75, 3.05) is 0 Å². The Labute approximate surface area is 194 Å². The minimum absolute atomic E-state index is 0.140. The predicted octanol–water partition coefficient (Wildman–Crippen LogP) is 4.44. The lowest BCUT2D eigenvalue weighted by molar-refractivity contribution is -0.168. The van der Waals surface area contributed by atoms with E-state index >= 15 is 0 Å². The van der Waals surface area contributed by atoms with Crippen molar-refractivity contribution in [2.45, 2.75) is 32.2 Å². The molecule has 0 saturated heterocycles. The number of hydroxylamine groups is 2. The van der Waals surface area contributed by atoms with E-state index in [2.05, 4.69) is 4.98 Å². The molecule has 172 valence electrons. The first-order chi connectivity index (χ1) is 16.5. The summed E-state index contributed by atoms with van der Waals surface area (Å²) in [6, 6.07) is 15.1. The summed E-state index contributed by atoms with van der Waals surface area (Å²) in [5.41, 5.74) is 3.19. The highest BCUT2D eigenvalue weighted by Crippen LogP contribution is 2.40. The highest BCUT2D eigenvalue weighted by molar-refractivity contribution is 6.50. The van der Waals surface area contributed by atoms with Crippen LogP contribution in [0, 0.1) is 0 Å². The number of H-pyrrole nitrogens is 1. The molecule has 3 N–H and O–H groups in total. The van der Waals surface area contributed by atoms with Gasteiger partial charge in [-0.3, -0.25) is 19.6 Å². The van der Waals surface area contributed by atoms with Crippen LogP contribution >= 0.6 is 0 Å². The Bertz CT molecular complexity index is 1480. The zero-order chi connectivity index (χ0) is 23.8. The number of benzene rings is 2. The van der Waals surface area contributed by atoms with Crippen LogP contribution in [0.15, 0.2) is 60.9 Å². The number of nitrogens with zero attached hydrogens (tertiary/aromatic N) is 2. The van der Waals surface area contributed by atoms with E-state index in [0.29, 0.717) is 24.1 Å². The average Bonchev–Trinajstić information content (AvgIpc) is 3.48. The summed E-state index contributed by atoms with van der Waals surface area (Å²) in [5, 5.41) is 20.9. The third-order valence-corrected chi connectivity index (χ3v) is 6.27. The number of unbranched alkanes of at least 4 members (excludes halogenated alkanes) is 2. The minimum Gasteiger partial charge on any atom is -0.481 e. The molecule has 0 bridgehead atoms. The number of aliphatic carboxylic acids is 1. The standard InChI is InChI=1S/C26H23N3O5/c30-22(31)12-2-1-7-13-28-15-19(17-9-4-6-11-21(17)28)24-23(25(32)29(34)26(24)33)18-14-27-20-10-5-3-8-16(18)20/h3-6,8-11,14-15,27,34H,1-2,7,12-13H2,(H,30,31). The van der Waals surface area contributed by atoms with E-state index in [0.717, 1.165) is 34.6 Å². The number of carboxylic acids is 1. The van der Waals surface area contributed by atoms with Gasteiger partial charge >= 0.3 is 5.97 Å². The first-order valence-corrected chi connectivity index (χ1v) is 11.2. The van der Waals surface area contributed by atoms with Crippen LogP contribution in [0.2, 0.25) is 0 Å². The van der Waals surface area contributed by atoms with E-state index in [1.165, 1.54) is 0 Å². The quantitative estimate of drug-likeness (QED) is 0.206. The molecule has 2 aromatic carbocycles. The van der Waals surface area contributed by atoms with Crippen molar-refractivity contribution in [2.24, 2.45) is 0 Å². The predicted molar refractivity (Wildman–Crippen MR) is 127 cm³/mol. The largest absolute Gasteiger partial charge is 0.481 e. The number of rotatable bonds is 8. The van der Waals surface area contributed by atoms with E-state index in [-0.39, 0.29) is 22.6 Å². The van der Waals surface area contributed by atoms with Gasteiger partial charge in [0.25, 0.3) is 11.8 Å². The molecular weight excluding hydrogens is 434 g/mol. The summed E-state index contributed by atoms with van der Waals surface area (Å²) < 4.78 is 2.02. The van der Waals surface area contributed by atoms with Crippen molar-refractivity contribution < 1.29 is 24.7 Å². The molecule has 0 fully saturated rings. The van der Waals surface area contributed by atoms with Gasteiger partial charge < -0.3 is 14.7 Å². The fourth-order valence-corrected chi connectivity index (χ4v) is 4.66. The molecule has 2 amide bonds. The number of imide groups is 1. The molecule has 3 heterocycles. The molecule has 2 aromatic heterocycles. The van der Waals surface area contributed by atoms with Gasteiger partial charge in [0.05, 0.1) is 11.1 Å². The lowest BCUT2D eigenvalue weighted by Crippen LogP contribution is -2.27. The maximum Gasteiger partial charge on any atom is 0.303 e. The summed E-state index contributed by atoms with van der Waals surface area (Å²) in [5.74, 6) is -2.31. The highest BCUT2D eigenvalue weighted by atomic mass is 16.5. The van der Waals surface area contributed by atoms with E-state index in [1.807, 2.05) is 59.3 Å². The van der Waals surface area contributed by atoms with E-state index < -0.39 is 17.8 Å². The first kappa shape index (κ1) is 21.7. The summed E-state index contributed by atoms with van der Waals surface area (Å²) in [6.07, 6.45) is 5.81. The molecule has 8 heteroatoms. The number of amides is 2. The average molecular weight is 457 g/mol. The Morgan fingerprint density at radius 1 is 0.853 bits per heavy atom. The number of hydrogen-bond acceptors (Lipinski definition) is 4. The summed E-state index contributed by atoms with van der Waals surface area (Å²) in [6.45, 7) is 0.640. The Hall–Kier alpha value is -4.17. The van der Waals surface area contributed by atoms with Crippen molar-refractivity contribution in [3.63, 3.8) is 0 Å². The molecule has 34 heavy (non-hydrogen) atoms. The van der Waals surface area contributed by atoms with Crippen LogP contribution in [-0.2, 0) is 20.9 Å². The van der Waals surface area contributed by atoms with Crippen LogP contribution < -0.4 is 0 Å². The smallest absolute Gasteiger partial charge is 0.303 e. The van der Waals surface area contributed by atoms with Crippen molar-refractivity contribution in [3.05, 3.63) is 72.1 Å². The van der Waals surface area contributed by atoms with Gasteiger partial charge in [0, 0.05) is 58.3 Å². The summed E-state index contributed by atoms with van der Waals surface area (Å²) in [7, 11) is 0. The number of hydrogen-bond donors (Lipinski definition) is 3. The molecule has 1 aliphatic rings. The van der Waals surface area contributed by atoms with Crippen LogP contribution in [0.5, 0.6) is 0 Å². The molecule has 0 atom stereocenters. The lowest BCUT2D eigenvalue weighted by Gasteiger charge is -2.04. The number of carboxylic acid groups (broad SMARTS) is 1. The number of aryl methyl sites for hydroxylation is 1. The van der Waals surface area contributed by atoms with Crippen LogP contribution in [0.4, 0.5) is 0 Å². The maximum absolute atomic E-state index is 13.1. The summed E-state index contributed by atoms with van der Waals surface area (Å²) in [4.78, 5) is 40.0. The van der Waals surface area contributed by atoms with Crippen molar-refractivity contribution in [3.8, 4) is 0 Å². The molecule has 0 spiro atoms. The van der Waals surface area contributed by atoms with Gasteiger partial charge in [-0.15, -0.1) is 5.06 Å². The second kappa shape index (κ2) is 8.64. The van der Waals surface area contributed by atoms with Crippen molar-refractivity contribution in [1.82, 2.24) is 14.6 Å². The molecule has 1 aliphatic heterocycles. The van der Waals surface area contributed by atoms with Crippen LogP contribution in [0.25, 0.3) is 33.0 Å². The van der Waals surface area contributed by atoms with Gasteiger partial charge in [-0.1, -0.05) is 42.8 Å². The van der Waals surface area contributed by atoms with Gasteiger partial charge in [-0.25, -0.2) is 0 Å². The van der Waals surface area contributed by atoms with Gasteiger partial charge in [-0.2, -0.15) is 0 Å². The monoisotopic (exact) mass is 457 g/mol. The van der Waals surface area contributed by atoms with E-state index in [4.69, 9.17) is 5.11 Å². The number of para-hydroxylation sites is 2. The number of aromatic amines is 1. The molecule has 0 radical (unpaired) electrons. The number of fused-ring (bicyclic) bond motifs is 2. The fraction of sp³-hybridized carbons (Fsp3) is 0.192. The number of carbonyl (C=O) groups is 3. The zero-order valence-corrected chi connectivity index (χ0v) is 18.3. The second-order valence-corrected chi connectivity index (χ2v) is 8.38. The third-order valence-electron chi connectivity index (χ3n) is 6.27. The SMILES string of the molecule is O=C(O)CCCCCn1cc(C2=C(c3c[nH]c4ccccc34)C(=O)N(O)C2=O)c2ccccc21. The minimum atomic E-state index is -0.802. The van der Waals surface area contributed by atoms with Gasteiger partial charge in [0.2, 0.25) is 0 Å². The second-order valence-electron chi connectivity index (χ2n) is 8.38. The highest BCUT2D eigenvalue weighted by Gasteiger charge is 2.41. The first-order valence-electron chi connectivity index (χ1n) is 11.2. The number of aromatic nitrogens is 2. The molecule has 8 nitrogen and oxygen atoms in total. The Morgan fingerprint density at radius 2 is 1.53 bits per heavy atom. The van der Waals surface area contributed by atoms with Gasteiger partial charge in [0.15, 0.2) is 0 Å². The number of nitrogens with one attached hydrogen (secondary N) is 1. The summed E-state index contributed by atoms with van der Waals surface area (Å²) >= 11 is 0. The molecule has 0 unspecified atom stereocenters. The van der Waals surface area contributed by atoms with Crippen molar-refractivity contribution in [1.29, 1.82) is 0 Å². The molecule has 0 aliphatic carbocycles. The molecule has 4 aromatic rings. The fourth-order valence-electron chi connectivity index (χ4n) is 4.66. The van der Waals surface area contributed by atoms with Crippen LogP contribution in [0.1, 0.15) is 36.8 Å². The number of carbonyl (C=O) groups excluding carboxylic acids is 2. The van der Waals surface area contributed by atoms with E-state index in [1.54, 1.807) is 6.20 Å². The van der Waals surface area contributed by atoms with Crippen LogP contribution in [0.3, 0.4) is 0 Å².